The minimum Gasteiger partial charge on any atom is -0.331 e. The van der Waals surface area contributed by atoms with Gasteiger partial charge >= 0.3 is 6.03 Å². The van der Waals surface area contributed by atoms with Gasteiger partial charge in [-0.15, -0.1) is 0 Å². The Labute approximate surface area is 147 Å². The van der Waals surface area contributed by atoms with Gasteiger partial charge in [0.05, 0.1) is 18.3 Å². The Balaban J connectivity index is 1.74. The van der Waals surface area contributed by atoms with Gasteiger partial charge < -0.3 is 10.2 Å². The predicted octanol–water partition coefficient (Wildman–Crippen LogP) is 3.99. The van der Waals surface area contributed by atoms with Gasteiger partial charge in [0.25, 0.3) is 0 Å². The normalized spacial score (nSPS) is 18.7. The van der Waals surface area contributed by atoms with E-state index in [1.807, 2.05) is 60.9 Å². The molecule has 1 fully saturated rings. The van der Waals surface area contributed by atoms with Crippen LogP contribution < -0.4 is 5.32 Å². The van der Waals surface area contributed by atoms with Crippen molar-refractivity contribution in [1.82, 2.24) is 20.0 Å². The van der Waals surface area contributed by atoms with E-state index in [-0.39, 0.29) is 18.1 Å². The second kappa shape index (κ2) is 6.85. The molecule has 2 atom stereocenters. The lowest BCUT2D eigenvalue weighted by Crippen LogP contribution is -2.40. The zero-order valence-corrected chi connectivity index (χ0v) is 15.0. The van der Waals surface area contributed by atoms with E-state index in [0.29, 0.717) is 0 Å². The highest BCUT2D eigenvalue weighted by molar-refractivity contribution is 6.31. The number of urea groups is 1. The van der Waals surface area contributed by atoms with Crippen LogP contribution in [0.3, 0.4) is 0 Å². The van der Waals surface area contributed by atoms with Crippen LogP contribution in [0.4, 0.5) is 4.79 Å². The molecule has 1 aliphatic rings. The van der Waals surface area contributed by atoms with Crippen LogP contribution in [0.5, 0.6) is 0 Å². The van der Waals surface area contributed by atoms with Crippen LogP contribution >= 0.6 is 11.6 Å². The number of amides is 2. The highest BCUT2D eigenvalue weighted by atomic mass is 35.5. The Hall–Kier alpha value is -2.01. The van der Waals surface area contributed by atoms with Gasteiger partial charge in [-0.1, -0.05) is 29.8 Å². The van der Waals surface area contributed by atoms with E-state index in [1.165, 1.54) is 0 Å². The number of carbonyl (C=O) groups excluding carboxylic acids is 1. The summed E-state index contributed by atoms with van der Waals surface area (Å²) >= 11 is 6.33. The summed E-state index contributed by atoms with van der Waals surface area (Å²) in [5, 5.41) is 8.07. The van der Waals surface area contributed by atoms with Crippen molar-refractivity contribution in [2.75, 3.05) is 6.54 Å². The average Bonchev–Trinajstić information content (AvgIpc) is 3.16. The number of hydrogen-bond acceptors (Lipinski definition) is 2. The highest BCUT2D eigenvalue weighted by Gasteiger charge is 2.32. The van der Waals surface area contributed by atoms with E-state index in [1.54, 1.807) is 0 Å². The van der Waals surface area contributed by atoms with Crippen molar-refractivity contribution in [3.05, 3.63) is 52.3 Å². The van der Waals surface area contributed by atoms with Crippen molar-refractivity contribution in [3.8, 4) is 0 Å². The number of aromatic nitrogens is 2. The zero-order chi connectivity index (χ0) is 17.3. The Morgan fingerprint density at radius 3 is 2.83 bits per heavy atom. The summed E-state index contributed by atoms with van der Waals surface area (Å²) in [4.78, 5) is 14.7. The highest BCUT2D eigenvalue weighted by Crippen LogP contribution is 2.35. The van der Waals surface area contributed by atoms with Gasteiger partial charge in [-0.05, 0) is 38.3 Å². The summed E-state index contributed by atoms with van der Waals surface area (Å²) in [6.45, 7) is 4.75. The Morgan fingerprint density at radius 1 is 1.42 bits per heavy atom. The molecule has 0 unspecified atom stereocenters. The van der Waals surface area contributed by atoms with Crippen molar-refractivity contribution < 1.29 is 4.79 Å². The van der Waals surface area contributed by atoms with Gasteiger partial charge in [-0.25, -0.2) is 4.79 Å². The van der Waals surface area contributed by atoms with Crippen molar-refractivity contribution >= 4 is 17.6 Å². The molecule has 3 rings (SSSR count). The van der Waals surface area contributed by atoms with Gasteiger partial charge in [0, 0.05) is 29.9 Å². The van der Waals surface area contributed by atoms with Crippen LogP contribution in [-0.4, -0.2) is 27.3 Å². The number of rotatable bonds is 3. The molecule has 1 aliphatic heterocycles. The first kappa shape index (κ1) is 16.8. The molecule has 24 heavy (non-hydrogen) atoms. The molecule has 2 aromatic rings. The van der Waals surface area contributed by atoms with Crippen LogP contribution in [0, 0.1) is 6.92 Å². The first-order chi connectivity index (χ1) is 11.5. The Morgan fingerprint density at radius 2 is 2.17 bits per heavy atom. The molecule has 2 heterocycles. The second-order valence-electron chi connectivity index (χ2n) is 6.35. The minimum absolute atomic E-state index is 0.0425. The summed E-state index contributed by atoms with van der Waals surface area (Å²) in [5.74, 6) is 0. The minimum atomic E-state index is -0.0845. The lowest BCUT2D eigenvalue weighted by atomic mass is 10.0. The van der Waals surface area contributed by atoms with Crippen molar-refractivity contribution in [3.63, 3.8) is 0 Å². The largest absolute Gasteiger partial charge is 0.331 e. The zero-order valence-electron chi connectivity index (χ0n) is 14.3. The number of aryl methyl sites for hydroxylation is 1. The smallest absolute Gasteiger partial charge is 0.318 e. The molecule has 0 radical (unpaired) electrons. The summed E-state index contributed by atoms with van der Waals surface area (Å²) in [6.07, 6.45) is 3.75. The van der Waals surface area contributed by atoms with Crippen LogP contribution in [0.1, 0.15) is 48.7 Å². The molecule has 128 valence electrons. The number of nitrogens with zero attached hydrogens (tertiary/aromatic N) is 3. The molecule has 0 aliphatic carbocycles. The third-order valence-electron chi connectivity index (χ3n) is 4.86. The van der Waals surface area contributed by atoms with E-state index < -0.39 is 0 Å². The maximum atomic E-state index is 12.8. The molecular formula is C18H23ClN4O. The molecule has 5 nitrogen and oxygen atoms in total. The number of nitrogens with one attached hydrogen (secondary N) is 1. The SMILES string of the molecule is Cc1c([C@@H](C)NC(=O)N2CCC[C@H]2c2ccccc2Cl)cnn1C. The Bertz CT molecular complexity index is 742. The lowest BCUT2D eigenvalue weighted by molar-refractivity contribution is 0.189. The van der Waals surface area contributed by atoms with Gasteiger partial charge in [0.1, 0.15) is 0 Å². The van der Waals surface area contributed by atoms with Crippen molar-refractivity contribution in [2.24, 2.45) is 7.05 Å². The predicted molar refractivity (Wildman–Crippen MR) is 95.0 cm³/mol. The fourth-order valence-corrected chi connectivity index (χ4v) is 3.63. The summed E-state index contributed by atoms with van der Waals surface area (Å²) in [7, 11) is 1.90. The van der Waals surface area contributed by atoms with E-state index >= 15 is 0 Å². The first-order valence-corrected chi connectivity index (χ1v) is 8.67. The summed E-state index contributed by atoms with van der Waals surface area (Å²) < 4.78 is 1.82. The average molecular weight is 347 g/mol. The van der Waals surface area contributed by atoms with Gasteiger partial charge in [0.2, 0.25) is 0 Å². The maximum absolute atomic E-state index is 12.8. The summed E-state index contributed by atoms with van der Waals surface area (Å²) in [6, 6.07) is 7.68. The fourth-order valence-electron chi connectivity index (χ4n) is 3.37. The standard InChI is InChI=1S/C18H23ClN4O/c1-12(15-11-20-22(3)13(15)2)21-18(24)23-10-6-9-17(23)14-7-4-5-8-16(14)19/h4-5,7-8,11-12,17H,6,9-10H2,1-3H3,(H,21,24)/t12-,17+/m1/s1. The molecule has 1 saturated heterocycles. The molecule has 6 heteroatoms. The molecule has 2 amide bonds. The number of halogens is 1. The van der Waals surface area contributed by atoms with E-state index in [2.05, 4.69) is 10.4 Å². The molecule has 0 spiro atoms. The van der Waals surface area contributed by atoms with E-state index in [4.69, 9.17) is 11.6 Å². The van der Waals surface area contributed by atoms with Crippen LogP contribution in [-0.2, 0) is 7.05 Å². The third-order valence-corrected chi connectivity index (χ3v) is 5.20. The van der Waals surface area contributed by atoms with Gasteiger partial charge in [0.15, 0.2) is 0 Å². The molecule has 1 aromatic carbocycles. The lowest BCUT2D eigenvalue weighted by Gasteiger charge is -2.27. The topological polar surface area (TPSA) is 50.2 Å². The van der Waals surface area contributed by atoms with Gasteiger partial charge in [-0.2, -0.15) is 5.10 Å². The maximum Gasteiger partial charge on any atom is 0.318 e. The third kappa shape index (κ3) is 3.13. The van der Waals surface area contributed by atoms with Crippen molar-refractivity contribution in [1.29, 1.82) is 0 Å². The molecule has 0 saturated carbocycles. The van der Waals surface area contributed by atoms with Crippen LogP contribution in [0.25, 0.3) is 0 Å². The molecule has 0 bridgehead atoms. The van der Waals surface area contributed by atoms with E-state index in [9.17, 15) is 4.79 Å². The van der Waals surface area contributed by atoms with Crippen molar-refractivity contribution in [2.45, 2.75) is 38.8 Å². The number of benzene rings is 1. The molecular weight excluding hydrogens is 324 g/mol. The Kier molecular flexibility index (Phi) is 4.81. The second-order valence-corrected chi connectivity index (χ2v) is 6.76. The molecule has 1 aromatic heterocycles. The monoisotopic (exact) mass is 346 g/mol. The number of carbonyl (C=O) groups is 1. The quantitative estimate of drug-likeness (QED) is 0.913. The van der Waals surface area contributed by atoms with Crippen LogP contribution in [0.15, 0.2) is 30.5 Å². The summed E-state index contributed by atoms with van der Waals surface area (Å²) in [5.41, 5.74) is 3.13. The number of likely N-dealkylation sites (tertiary alicyclic amines) is 1. The fraction of sp³-hybridized carbons (Fsp3) is 0.444. The first-order valence-electron chi connectivity index (χ1n) is 8.29. The van der Waals surface area contributed by atoms with Gasteiger partial charge in [-0.3, -0.25) is 4.68 Å². The number of hydrogen-bond donors (Lipinski definition) is 1. The van der Waals surface area contributed by atoms with E-state index in [0.717, 1.165) is 41.2 Å². The van der Waals surface area contributed by atoms with Crippen LogP contribution in [0.2, 0.25) is 5.02 Å². The molecule has 1 N–H and O–H groups in total.